The smallest absolute Gasteiger partial charge is 0.337 e. The lowest BCUT2D eigenvalue weighted by Gasteiger charge is -2.13. The summed E-state index contributed by atoms with van der Waals surface area (Å²) in [4.78, 5) is 16.2. The van der Waals surface area contributed by atoms with Crippen molar-refractivity contribution >= 4 is 28.5 Å². The predicted molar refractivity (Wildman–Crippen MR) is 103 cm³/mol. The number of carbonyl (C=O) groups excluding carboxylic acids is 1. The summed E-state index contributed by atoms with van der Waals surface area (Å²) in [6, 6.07) is 18.1. The molecule has 0 unspecified atom stereocenters. The number of hydrogen-bond donors (Lipinski definition) is 1. The number of esters is 1. The zero-order valence-electron chi connectivity index (χ0n) is 14.8. The van der Waals surface area contributed by atoms with Crippen LogP contribution >= 0.6 is 0 Å². The number of fused-ring (bicyclic) bond motifs is 3. The van der Waals surface area contributed by atoms with Crippen LogP contribution in [0.25, 0.3) is 27.8 Å². The monoisotopic (exact) mass is 367 g/mol. The quantitative estimate of drug-likeness (QED) is 0.543. The number of nitrogen functional groups attached to an aromatic ring is 1. The number of aromatic nitrogens is 2. The van der Waals surface area contributed by atoms with Gasteiger partial charge in [-0.25, -0.2) is 9.78 Å². The summed E-state index contributed by atoms with van der Waals surface area (Å²) in [6.07, 6.45) is 0. The van der Waals surface area contributed by atoms with Gasteiger partial charge in [0, 0.05) is 5.56 Å². The van der Waals surface area contributed by atoms with Crippen LogP contribution in [0.4, 0.5) is 5.82 Å². The number of benzene rings is 2. The molecule has 0 saturated heterocycles. The molecule has 2 heterocycles. The number of anilines is 1. The summed E-state index contributed by atoms with van der Waals surface area (Å²) in [7, 11) is 1.30. The molecule has 7 nitrogen and oxygen atoms in total. The van der Waals surface area contributed by atoms with Crippen LogP contribution in [-0.2, 0) is 4.74 Å². The lowest BCUT2D eigenvalue weighted by atomic mass is 9.95. The van der Waals surface area contributed by atoms with Gasteiger partial charge in [-0.2, -0.15) is 10.5 Å². The van der Waals surface area contributed by atoms with Gasteiger partial charge in [0.1, 0.15) is 29.1 Å². The molecule has 28 heavy (non-hydrogen) atoms. The molecule has 0 amide bonds. The summed E-state index contributed by atoms with van der Waals surface area (Å²) in [5, 5.41) is 19.7. The summed E-state index contributed by atoms with van der Waals surface area (Å²) in [6.45, 7) is 0. The van der Waals surface area contributed by atoms with Crippen LogP contribution in [0.3, 0.4) is 0 Å². The first-order valence-corrected chi connectivity index (χ1v) is 8.32. The Hall–Kier alpha value is -4.36. The van der Waals surface area contributed by atoms with Crippen LogP contribution in [0.5, 0.6) is 0 Å². The van der Waals surface area contributed by atoms with Crippen molar-refractivity contribution < 1.29 is 9.53 Å². The first-order chi connectivity index (χ1) is 13.6. The number of para-hydroxylation sites is 2. The molecule has 0 aliphatic carbocycles. The van der Waals surface area contributed by atoms with Gasteiger partial charge in [0.2, 0.25) is 0 Å². The van der Waals surface area contributed by atoms with Crippen LogP contribution in [-0.4, -0.2) is 22.5 Å². The van der Waals surface area contributed by atoms with Crippen LogP contribution in [0.2, 0.25) is 0 Å². The molecule has 0 aliphatic heterocycles. The number of rotatable bonds is 2. The van der Waals surface area contributed by atoms with E-state index in [0.29, 0.717) is 27.9 Å². The second-order valence-corrected chi connectivity index (χ2v) is 6.06. The number of ether oxygens (including phenoxy) is 1. The SMILES string of the molecule is COC(=O)c1ccc(-c2c(C#N)c(N)n3c(nc4ccccc43)c2C#N)cc1. The Morgan fingerprint density at radius 1 is 1.07 bits per heavy atom. The number of methoxy groups -OCH3 is 1. The predicted octanol–water partition coefficient (Wildman–Crippen LogP) is 3.27. The number of imidazole rings is 1. The van der Waals surface area contributed by atoms with E-state index in [1.54, 1.807) is 28.7 Å². The fraction of sp³-hybridized carbons (Fsp3) is 0.0476. The second-order valence-electron chi connectivity index (χ2n) is 6.06. The number of hydrogen-bond acceptors (Lipinski definition) is 6. The number of pyridine rings is 1. The van der Waals surface area contributed by atoms with Crippen LogP contribution in [0, 0.1) is 22.7 Å². The highest BCUT2D eigenvalue weighted by Crippen LogP contribution is 2.35. The van der Waals surface area contributed by atoms with Crippen molar-refractivity contribution in [2.45, 2.75) is 0 Å². The first kappa shape index (κ1) is 17.1. The van der Waals surface area contributed by atoms with Gasteiger partial charge in [-0.3, -0.25) is 4.40 Å². The molecular formula is C21H13N5O2. The highest BCUT2D eigenvalue weighted by molar-refractivity contribution is 5.94. The van der Waals surface area contributed by atoms with E-state index in [1.165, 1.54) is 7.11 Å². The molecular weight excluding hydrogens is 354 g/mol. The average Bonchev–Trinajstić information content (AvgIpc) is 3.13. The van der Waals surface area contributed by atoms with E-state index in [4.69, 9.17) is 10.5 Å². The summed E-state index contributed by atoms with van der Waals surface area (Å²) in [5.74, 6) is -0.265. The third-order valence-electron chi connectivity index (χ3n) is 4.60. The van der Waals surface area contributed by atoms with Crippen molar-refractivity contribution in [3.63, 3.8) is 0 Å². The Labute approximate surface area is 159 Å². The van der Waals surface area contributed by atoms with Crippen molar-refractivity contribution in [3.05, 3.63) is 65.2 Å². The minimum absolute atomic E-state index is 0.179. The number of carbonyl (C=O) groups is 1. The minimum Gasteiger partial charge on any atom is -0.465 e. The van der Waals surface area contributed by atoms with Crippen molar-refractivity contribution in [3.8, 4) is 23.3 Å². The Balaban J connectivity index is 2.09. The lowest BCUT2D eigenvalue weighted by Crippen LogP contribution is -2.06. The maximum absolute atomic E-state index is 11.7. The van der Waals surface area contributed by atoms with E-state index in [0.717, 1.165) is 5.52 Å². The molecule has 7 heteroatoms. The Morgan fingerprint density at radius 3 is 2.39 bits per heavy atom. The van der Waals surface area contributed by atoms with Gasteiger partial charge in [-0.05, 0) is 29.8 Å². The molecule has 0 radical (unpaired) electrons. The number of nitriles is 2. The molecule has 4 aromatic rings. The van der Waals surface area contributed by atoms with E-state index in [9.17, 15) is 15.3 Å². The van der Waals surface area contributed by atoms with Gasteiger partial charge in [-0.1, -0.05) is 24.3 Å². The largest absolute Gasteiger partial charge is 0.465 e. The third kappa shape index (κ3) is 2.35. The summed E-state index contributed by atoms with van der Waals surface area (Å²) < 4.78 is 6.33. The minimum atomic E-state index is -0.470. The van der Waals surface area contributed by atoms with Gasteiger partial charge >= 0.3 is 5.97 Å². The van der Waals surface area contributed by atoms with E-state index in [2.05, 4.69) is 17.1 Å². The van der Waals surface area contributed by atoms with Gasteiger partial charge < -0.3 is 10.5 Å². The summed E-state index contributed by atoms with van der Waals surface area (Å²) in [5.41, 5.74) is 9.85. The van der Waals surface area contributed by atoms with Crippen LogP contribution in [0.1, 0.15) is 21.5 Å². The highest BCUT2D eigenvalue weighted by atomic mass is 16.5. The topological polar surface area (TPSA) is 117 Å². The number of nitrogens with zero attached hydrogens (tertiary/aromatic N) is 4. The molecule has 0 saturated carbocycles. The van der Waals surface area contributed by atoms with Crippen molar-refractivity contribution in [2.24, 2.45) is 0 Å². The van der Waals surface area contributed by atoms with Gasteiger partial charge in [0.25, 0.3) is 0 Å². The molecule has 2 N–H and O–H groups in total. The van der Waals surface area contributed by atoms with Crippen molar-refractivity contribution in [1.82, 2.24) is 9.38 Å². The molecule has 0 fully saturated rings. The standard InChI is InChI=1S/C21H13N5O2/c1-28-21(27)13-8-6-12(7-9-13)18-14(10-22)19(24)26-17-5-3-2-4-16(17)25-20(26)15(18)11-23/h2-9H,24H2,1H3. The highest BCUT2D eigenvalue weighted by Gasteiger charge is 2.22. The average molecular weight is 367 g/mol. The summed E-state index contributed by atoms with van der Waals surface area (Å²) >= 11 is 0. The maximum Gasteiger partial charge on any atom is 0.337 e. The second kappa shape index (κ2) is 6.42. The Morgan fingerprint density at radius 2 is 1.75 bits per heavy atom. The molecule has 0 spiro atoms. The fourth-order valence-electron chi connectivity index (χ4n) is 3.31. The molecule has 4 rings (SSSR count). The van der Waals surface area contributed by atoms with Gasteiger partial charge in [0.15, 0.2) is 5.65 Å². The number of nitrogens with two attached hydrogens (primary N) is 1. The Kier molecular flexibility index (Phi) is 3.91. The first-order valence-electron chi connectivity index (χ1n) is 8.32. The maximum atomic E-state index is 11.7. The van der Waals surface area contributed by atoms with E-state index in [1.807, 2.05) is 24.3 Å². The van der Waals surface area contributed by atoms with Gasteiger partial charge in [0.05, 0.1) is 23.7 Å². The fourth-order valence-corrected chi connectivity index (χ4v) is 3.31. The molecule has 0 bridgehead atoms. The van der Waals surface area contributed by atoms with E-state index in [-0.39, 0.29) is 16.9 Å². The molecule has 0 aliphatic rings. The van der Waals surface area contributed by atoms with Crippen molar-refractivity contribution in [2.75, 3.05) is 12.8 Å². The molecule has 134 valence electrons. The molecule has 0 atom stereocenters. The Bertz CT molecular complexity index is 1340. The lowest BCUT2D eigenvalue weighted by molar-refractivity contribution is 0.0601. The normalized spacial score (nSPS) is 10.5. The zero-order valence-corrected chi connectivity index (χ0v) is 14.8. The van der Waals surface area contributed by atoms with Gasteiger partial charge in [-0.15, -0.1) is 0 Å². The third-order valence-corrected chi connectivity index (χ3v) is 4.60. The van der Waals surface area contributed by atoms with E-state index >= 15 is 0 Å². The molecule has 2 aromatic carbocycles. The molecule has 2 aromatic heterocycles. The van der Waals surface area contributed by atoms with E-state index < -0.39 is 5.97 Å². The van der Waals surface area contributed by atoms with Crippen LogP contribution in [0.15, 0.2) is 48.5 Å². The van der Waals surface area contributed by atoms with Crippen molar-refractivity contribution in [1.29, 1.82) is 10.5 Å². The van der Waals surface area contributed by atoms with Crippen LogP contribution < -0.4 is 5.73 Å². The zero-order chi connectivity index (χ0) is 19.8.